The molecule has 3 rings (SSSR count). The molecule has 0 aliphatic rings. The predicted molar refractivity (Wildman–Crippen MR) is 109 cm³/mol. The average Bonchev–Trinajstić information content (AvgIpc) is 3.27. The average molecular weight is 384 g/mol. The van der Waals surface area contributed by atoms with Crippen LogP contribution in [-0.2, 0) is 0 Å². The quantitative estimate of drug-likeness (QED) is 0.585. The van der Waals surface area contributed by atoms with Gasteiger partial charge in [-0.25, -0.2) is 4.98 Å². The highest BCUT2D eigenvalue weighted by atomic mass is 32.1. The zero-order valence-corrected chi connectivity index (χ0v) is 16.8. The lowest BCUT2D eigenvalue weighted by molar-refractivity contribution is 0.0951. The second-order valence-corrected chi connectivity index (χ2v) is 7.43. The van der Waals surface area contributed by atoms with E-state index in [0.717, 1.165) is 35.1 Å². The van der Waals surface area contributed by atoms with Gasteiger partial charge in [0.15, 0.2) is 5.13 Å². The van der Waals surface area contributed by atoms with Crippen LogP contribution < -0.4 is 10.1 Å². The number of nitrogens with zero attached hydrogens (tertiary/aromatic N) is 2. The summed E-state index contributed by atoms with van der Waals surface area (Å²) in [5.41, 5.74) is 3.86. The fourth-order valence-corrected chi connectivity index (χ4v) is 3.71. The third kappa shape index (κ3) is 4.77. The molecular weight excluding hydrogens is 358 g/mol. The Morgan fingerprint density at radius 2 is 1.96 bits per heavy atom. The molecule has 27 heavy (non-hydrogen) atoms. The van der Waals surface area contributed by atoms with Crippen LogP contribution in [0.1, 0.15) is 40.2 Å². The van der Waals surface area contributed by atoms with Crippen molar-refractivity contribution in [3.8, 4) is 10.9 Å². The molecule has 142 valence electrons. The monoisotopic (exact) mass is 383 g/mol. The van der Waals surface area contributed by atoms with Gasteiger partial charge < -0.3 is 10.1 Å². The first-order valence-electron chi connectivity index (χ1n) is 9.12. The van der Waals surface area contributed by atoms with Gasteiger partial charge in [-0.3, -0.25) is 9.36 Å². The maximum absolute atomic E-state index is 12.5. The van der Waals surface area contributed by atoms with Gasteiger partial charge in [0.05, 0.1) is 12.2 Å². The van der Waals surface area contributed by atoms with E-state index >= 15 is 0 Å². The molecular formula is C21H25N3O2S. The van der Waals surface area contributed by atoms with Gasteiger partial charge in [0, 0.05) is 29.5 Å². The first kappa shape index (κ1) is 19.2. The number of amides is 1. The summed E-state index contributed by atoms with van der Waals surface area (Å²) in [6.45, 7) is 7.29. The Bertz CT molecular complexity index is 883. The standard InChI is InChI=1S/C21H25N3O2S/c1-15-6-8-18(9-7-15)26-12-5-4-10-22-20(25)19-14-16(2)24(17(19)3)21-23-11-13-27-21/h6-9,11,13-14H,4-5,10,12H2,1-3H3,(H,22,25). The molecule has 0 bridgehead atoms. The van der Waals surface area contributed by atoms with Crippen LogP contribution in [0.25, 0.3) is 5.13 Å². The van der Waals surface area contributed by atoms with Gasteiger partial charge in [0.1, 0.15) is 5.75 Å². The number of rotatable bonds is 8. The Hall–Kier alpha value is -2.60. The highest BCUT2D eigenvalue weighted by Crippen LogP contribution is 2.22. The smallest absolute Gasteiger partial charge is 0.253 e. The molecule has 0 spiro atoms. The first-order valence-corrected chi connectivity index (χ1v) is 10.0. The number of benzene rings is 1. The minimum Gasteiger partial charge on any atom is -0.494 e. The van der Waals surface area contributed by atoms with E-state index in [0.29, 0.717) is 18.7 Å². The van der Waals surface area contributed by atoms with E-state index in [2.05, 4.69) is 17.2 Å². The zero-order valence-electron chi connectivity index (χ0n) is 16.0. The molecule has 1 aromatic carbocycles. The van der Waals surface area contributed by atoms with Crippen molar-refractivity contribution in [1.29, 1.82) is 0 Å². The third-order valence-corrected chi connectivity index (χ3v) is 5.19. The van der Waals surface area contributed by atoms with Gasteiger partial charge in [0.2, 0.25) is 0 Å². The van der Waals surface area contributed by atoms with Crippen molar-refractivity contribution >= 4 is 17.2 Å². The molecule has 6 heteroatoms. The summed E-state index contributed by atoms with van der Waals surface area (Å²) in [5.74, 6) is 0.852. The topological polar surface area (TPSA) is 56.1 Å². The van der Waals surface area contributed by atoms with Crippen molar-refractivity contribution < 1.29 is 9.53 Å². The number of hydrogen-bond acceptors (Lipinski definition) is 4. The van der Waals surface area contributed by atoms with Crippen LogP contribution in [0.4, 0.5) is 0 Å². The van der Waals surface area contributed by atoms with Gasteiger partial charge in [-0.15, -0.1) is 11.3 Å². The zero-order chi connectivity index (χ0) is 19.2. The Labute approximate surface area is 164 Å². The maximum Gasteiger partial charge on any atom is 0.253 e. The molecule has 3 aromatic rings. The molecule has 2 aromatic heterocycles. The Balaban J connectivity index is 1.44. The highest BCUT2D eigenvalue weighted by Gasteiger charge is 2.17. The van der Waals surface area contributed by atoms with Crippen molar-refractivity contribution in [2.45, 2.75) is 33.6 Å². The number of ether oxygens (including phenoxy) is 1. The number of thiazole rings is 1. The van der Waals surface area contributed by atoms with E-state index in [1.807, 2.05) is 54.1 Å². The number of carbonyl (C=O) groups is 1. The van der Waals surface area contributed by atoms with Gasteiger partial charge in [-0.05, 0) is 51.8 Å². The molecule has 1 amide bonds. The molecule has 0 aliphatic carbocycles. The van der Waals surface area contributed by atoms with Crippen molar-refractivity contribution in [3.05, 3.63) is 64.4 Å². The normalized spacial score (nSPS) is 10.8. The fourth-order valence-electron chi connectivity index (χ4n) is 2.96. The Kier molecular flexibility index (Phi) is 6.29. The van der Waals surface area contributed by atoms with Crippen molar-refractivity contribution in [1.82, 2.24) is 14.9 Å². The molecule has 5 nitrogen and oxygen atoms in total. The van der Waals surface area contributed by atoms with Crippen LogP contribution >= 0.6 is 11.3 Å². The molecule has 0 atom stereocenters. The molecule has 0 unspecified atom stereocenters. The molecule has 1 N–H and O–H groups in total. The number of aryl methyl sites for hydroxylation is 2. The molecule has 0 radical (unpaired) electrons. The summed E-state index contributed by atoms with van der Waals surface area (Å²) in [5, 5.41) is 5.83. The minimum absolute atomic E-state index is 0.0367. The second kappa shape index (κ2) is 8.86. The Morgan fingerprint density at radius 1 is 1.19 bits per heavy atom. The lowest BCUT2D eigenvalue weighted by atomic mass is 10.2. The Morgan fingerprint density at radius 3 is 2.67 bits per heavy atom. The van der Waals surface area contributed by atoms with E-state index in [4.69, 9.17) is 4.74 Å². The predicted octanol–water partition coefficient (Wildman–Crippen LogP) is 4.45. The van der Waals surface area contributed by atoms with E-state index in [1.54, 1.807) is 17.5 Å². The van der Waals surface area contributed by atoms with Gasteiger partial charge in [-0.2, -0.15) is 0 Å². The number of aromatic nitrogens is 2. The van der Waals surface area contributed by atoms with Crippen molar-refractivity contribution in [2.75, 3.05) is 13.2 Å². The van der Waals surface area contributed by atoms with Gasteiger partial charge >= 0.3 is 0 Å². The second-order valence-electron chi connectivity index (χ2n) is 6.56. The largest absolute Gasteiger partial charge is 0.494 e. The molecule has 0 saturated heterocycles. The summed E-state index contributed by atoms with van der Waals surface area (Å²) >= 11 is 1.56. The number of nitrogens with one attached hydrogen (secondary N) is 1. The maximum atomic E-state index is 12.5. The summed E-state index contributed by atoms with van der Waals surface area (Å²) < 4.78 is 7.73. The van der Waals surface area contributed by atoms with Crippen LogP contribution in [-0.4, -0.2) is 28.6 Å². The van der Waals surface area contributed by atoms with Crippen LogP contribution in [0.2, 0.25) is 0 Å². The highest BCUT2D eigenvalue weighted by molar-refractivity contribution is 7.12. The number of unbranched alkanes of at least 4 members (excludes halogenated alkanes) is 1. The van der Waals surface area contributed by atoms with E-state index in [-0.39, 0.29) is 5.91 Å². The summed E-state index contributed by atoms with van der Waals surface area (Å²) in [6, 6.07) is 9.96. The first-order chi connectivity index (χ1) is 13.1. The molecule has 0 aliphatic heterocycles. The van der Waals surface area contributed by atoms with E-state index < -0.39 is 0 Å². The minimum atomic E-state index is -0.0367. The lowest BCUT2D eigenvalue weighted by Gasteiger charge is -2.08. The SMILES string of the molecule is Cc1ccc(OCCCCNC(=O)c2cc(C)n(-c3nccs3)c2C)cc1. The number of carbonyl (C=O) groups excluding carboxylic acids is 1. The summed E-state index contributed by atoms with van der Waals surface area (Å²) in [4.78, 5) is 16.9. The summed E-state index contributed by atoms with van der Waals surface area (Å²) in [7, 11) is 0. The van der Waals surface area contributed by atoms with Crippen LogP contribution in [0.5, 0.6) is 5.75 Å². The fraction of sp³-hybridized carbons (Fsp3) is 0.333. The van der Waals surface area contributed by atoms with Gasteiger partial charge in [0.25, 0.3) is 5.91 Å². The van der Waals surface area contributed by atoms with Crippen molar-refractivity contribution in [2.24, 2.45) is 0 Å². The molecule has 0 fully saturated rings. The van der Waals surface area contributed by atoms with Crippen molar-refractivity contribution in [3.63, 3.8) is 0 Å². The van der Waals surface area contributed by atoms with Crippen LogP contribution in [0.15, 0.2) is 41.9 Å². The molecule has 2 heterocycles. The van der Waals surface area contributed by atoms with Gasteiger partial charge in [-0.1, -0.05) is 17.7 Å². The molecule has 0 saturated carbocycles. The number of hydrogen-bond donors (Lipinski definition) is 1. The van der Waals surface area contributed by atoms with E-state index in [1.165, 1.54) is 5.56 Å². The van der Waals surface area contributed by atoms with Crippen LogP contribution in [0.3, 0.4) is 0 Å². The summed E-state index contributed by atoms with van der Waals surface area (Å²) in [6.07, 6.45) is 3.55. The van der Waals surface area contributed by atoms with E-state index in [9.17, 15) is 4.79 Å². The lowest BCUT2D eigenvalue weighted by Crippen LogP contribution is -2.25. The van der Waals surface area contributed by atoms with Crippen LogP contribution in [0, 0.1) is 20.8 Å². The third-order valence-electron chi connectivity index (χ3n) is 4.43.